The second-order valence-corrected chi connectivity index (χ2v) is 14.3. The molecule has 4 rings (SSSR count). The van der Waals surface area contributed by atoms with Crippen molar-refractivity contribution in [3.8, 4) is 11.8 Å². The zero-order valence-electron chi connectivity index (χ0n) is 19.7. The van der Waals surface area contributed by atoms with Gasteiger partial charge in [0, 0.05) is 41.5 Å². The third kappa shape index (κ3) is 4.90. The number of pyridine rings is 1. The molecule has 35 heavy (non-hydrogen) atoms. The van der Waals surface area contributed by atoms with E-state index in [9.17, 15) is 23.8 Å². The third-order valence-corrected chi connectivity index (χ3v) is 7.80. The number of fused-ring (bicyclic) bond motifs is 1. The Kier molecular flexibility index (Phi) is 6.62. The number of aliphatic hydroxyl groups excluding tert-OH is 1. The molecule has 9 nitrogen and oxygen atoms in total. The number of methoxy groups -OCH3 is 1. The summed E-state index contributed by atoms with van der Waals surface area (Å²) in [6.07, 6.45) is -1.06. The minimum atomic E-state index is -2.30. The minimum Gasteiger partial charge on any atom is -0.491 e. The van der Waals surface area contributed by atoms with Crippen molar-refractivity contribution in [3.63, 3.8) is 0 Å². The Morgan fingerprint density at radius 2 is 1.94 bits per heavy atom. The van der Waals surface area contributed by atoms with Gasteiger partial charge >= 0.3 is 0 Å². The summed E-state index contributed by atoms with van der Waals surface area (Å²) in [4.78, 5) is 19.3. The second kappa shape index (κ2) is 9.36. The van der Waals surface area contributed by atoms with Crippen molar-refractivity contribution in [1.29, 1.82) is 0 Å². The van der Waals surface area contributed by atoms with Gasteiger partial charge < -0.3 is 24.8 Å². The van der Waals surface area contributed by atoms with E-state index in [1.165, 1.54) is 12.0 Å². The van der Waals surface area contributed by atoms with Crippen molar-refractivity contribution in [1.82, 2.24) is 15.0 Å². The highest BCUT2D eigenvalue weighted by atomic mass is 28.3. The number of aromatic nitrogens is 2. The van der Waals surface area contributed by atoms with E-state index in [-0.39, 0.29) is 23.2 Å². The first-order valence-corrected chi connectivity index (χ1v) is 14.4. The summed E-state index contributed by atoms with van der Waals surface area (Å²) in [6, 6.07) is 5.47. The van der Waals surface area contributed by atoms with Crippen LogP contribution in [0.4, 0.5) is 14.5 Å². The number of hydrogen-bond donors (Lipinski definition) is 3. The number of nitrogens with zero attached hydrogens (tertiary/aromatic N) is 3. The van der Waals surface area contributed by atoms with Gasteiger partial charge in [-0.1, -0.05) is 19.6 Å². The molecule has 0 fully saturated rings. The number of halogens is 2. The van der Waals surface area contributed by atoms with Crippen LogP contribution in [0.1, 0.15) is 29.3 Å². The maximum absolute atomic E-state index is 14.8. The van der Waals surface area contributed by atoms with E-state index in [1.807, 2.05) is 19.6 Å². The Hall–Kier alpha value is -3.35. The predicted octanol–water partition coefficient (Wildman–Crippen LogP) is 2.84. The summed E-state index contributed by atoms with van der Waals surface area (Å²) in [5.74, 6) is -2.20. The highest BCUT2D eigenvalue weighted by molar-refractivity contribution is 6.88. The van der Waals surface area contributed by atoms with Gasteiger partial charge in [-0.25, -0.2) is 13.8 Å². The first kappa shape index (κ1) is 24.8. The fourth-order valence-corrected chi connectivity index (χ4v) is 5.87. The molecule has 3 N–H and O–H groups in total. The van der Waals surface area contributed by atoms with E-state index in [1.54, 1.807) is 12.1 Å². The largest absolute Gasteiger partial charge is 0.491 e. The molecule has 2 atom stereocenters. The van der Waals surface area contributed by atoms with E-state index in [0.29, 0.717) is 23.6 Å². The van der Waals surface area contributed by atoms with E-state index < -0.39 is 43.8 Å². The van der Waals surface area contributed by atoms with Crippen LogP contribution < -0.4 is 15.2 Å². The molecule has 0 saturated carbocycles. The molecule has 186 valence electrons. The van der Waals surface area contributed by atoms with Crippen molar-refractivity contribution in [2.45, 2.75) is 38.3 Å². The lowest BCUT2D eigenvalue weighted by Crippen LogP contribution is -2.44. The number of hydrogen-bond acceptors (Lipinski definition) is 8. The van der Waals surface area contributed by atoms with Crippen LogP contribution >= 0.6 is 0 Å². The van der Waals surface area contributed by atoms with Crippen LogP contribution in [0.15, 0.2) is 34.9 Å². The summed E-state index contributed by atoms with van der Waals surface area (Å²) in [6.45, 7) is 5.67. The molecule has 0 aliphatic carbocycles. The van der Waals surface area contributed by atoms with Crippen LogP contribution in [0.3, 0.4) is 0 Å². The first-order chi connectivity index (χ1) is 16.5. The number of nitrogens with one attached hydrogen (secondary N) is 1. The van der Waals surface area contributed by atoms with Crippen molar-refractivity contribution in [2.24, 2.45) is 0 Å². The molecule has 3 heterocycles. The van der Waals surface area contributed by atoms with Crippen LogP contribution in [0, 0.1) is 11.6 Å². The lowest BCUT2D eigenvalue weighted by molar-refractivity contribution is -0.129. The molecule has 0 saturated heterocycles. The molecule has 2 aromatic heterocycles. The van der Waals surface area contributed by atoms with Gasteiger partial charge in [-0.15, -0.1) is 0 Å². The summed E-state index contributed by atoms with van der Waals surface area (Å²) in [5.41, 5.74) is 1.02. The standard InChI is InChI=1S/C23H26F2N4O5Si/c1-33-19-6-5-13-16(27-19)7-8-29(23(32)17-11-18(30)28-34-17)20(13)22(31)26-12-9-14(24)21(15(25)10-12)35(2,3)4/h5-6,9-11,20,23,32H,7-8H2,1-4H3,(H,26,31)(H,28,30)/t20-,23?/m0/s1. The maximum atomic E-state index is 14.8. The molecular formula is C23H26F2N4O5Si. The summed E-state index contributed by atoms with van der Waals surface area (Å²) >= 11 is 0. The van der Waals surface area contributed by atoms with Gasteiger partial charge in [0.1, 0.15) is 17.7 Å². The minimum absolute atomic E-state index is 0.0488. The smallest absolute Gasteiger partial charge is 0.252 e. The summed E-state index contributed by atoms with van der Waals surface area (Å²) in [7, 11) is -0.823. The van der Waals surface area contributed by atoms with Crippen LogP contribution in [0.5, 0.6) is 11.8 Å². The molecule has 1 aliphatic rings. The van der Waals surface area contributed by atoms with Gasteiger partial charge in [0.2, 0.25) is 11.8 Å². The Bertz CT molecular complexity index is 1240. The van der Waals surface area contributed by atoms with Gasteiger partial charge in [0.15, 0.2) is 12.0 Å². The maximum Gasteiger partial charge on any atom is 0.252 e. The van der Waals surface area contributed by atoms with Crippen molar-refractivity contribution in [2.75, 3.05) is 19.0 Å². The van der Waals surface area contributed by atoms with Gasteiger partial charge in [0.05, 0.1) is 20.9 Å². The lowest BCUT2D eigenvalue weighted by Gasteiger charge is -2.37. The number of aliphatic hydroxyl groups is 1. The monoisotopic (exact) mass is 504 g/mol. The predicted molar refractivity (Wildman–Crippen MR) is 125 cm³/mol. The van der Waals surface area contributed by atoms with Crippen LogP contribution in [0.25, 0.3) is 0 Å². The van der Waals surface area contributed by atoms with Gasteiger partial charge in [-0.2, -0.15) is 0 Å². The number of carbonyl (C=O) groups excluding carboxylic acids is 1. The third-order valence-electron chi connectivity index (χ3n) is 5.82. The number of anilines is 1. The first-order valence-electron chi connectivity index (χ1n) is 10.9. The topological polar surface area (TPSA) is 121 Å². The zero-order chi connectivity index (χ0) is 25.5. The number of benzene rings is 1. The van der Waals surface area contributed by atoms with Crippen LogP contribution in [0.2, 0.25) is 19.6 Å². The van der Waals surface area contributed by atoms with Crippen molar-refractivity contribution >= 4 is 24.9 Å². The molecular weight excluding hydrogens is 478 g/mol. The Morgan fingerprint density at radius 3 is 2.51 bits per heavy atom. The number of amides is 1. The fourth-order valence-electron chi connectivity index (χ4n) is 4.29. The summed E-state index contributed by atoms with van der Waals surface area (Å²) < 4.78 is 39.7. The molecule has 0 spiro atoms. The molecule has 1 aromatic carbocycles. The molecule has 0 bridgehead atoms. The SMILES string of the molecule is COc1ccc2c(n1)CCN(C(O)c1cc(O)no1)[C@@H]2C(=O)Nc1cc(F)c([Si](C)(C)C)c(F)c1. The Labute approximate surface area is 201 Å². The van der Waals surface area contributed by atoms with Crippen molar-refractivity contribution < 1.29 is 33.0 Å². The second-order valence-electron chi connectivity index (χ2n) is 9.30. The van der Waals surface area contributed by atoms with Crippen molar-refractivity contribution in [3.05, 3.63) is 59.0 Å². The molecule has 1 aliphatic heterocycles. The number of aromatic hydroxyl groups is 1. The lowest BCUT2D eigenvalue weighted by atomic mass is 9.95. The number of ether oxygens (including phenoxy) is 1. The van der Waals surface area contributed by atoms with E-state index >= 15 is 0 Å². The highest BCUT2D eigenvalue weighted by Gasteiger charge is 2.39. The summed E-state index contributed by atoms with van der Waals surface area (Å²) in [5, 5.41) is 26.4. The molecule has 0 radical (unpaired) electrons. The van der Waals surface area contributed by atoms with Crippen LogP contribution in [-0.2, 0) is 11.2 Å². The van der Waals surface area contributed by atoms with E-state index in [2.05, 4.69) is 15.5 Å². The molecule has 12 heteroatoms. The quantitative estimate of drug-likeness (QED) is 0.438. The van der Waals surface area contributed by atoms with E-state index in [0.717, 1.165) is 18.2 Å². The average molecular weight is 505 g/mol. The molecule has 1 amide bonds. The number of carbonyl (C=O) groups is 1. The average Bonchev–Trinajstić information content (AvgIpc) is 3.22. The zero-order valence-corrected chi connectivity index (χ0v) is 20.7. The fraction of sp³-hybridized carbons (Fsp3) is 0.348. The van der Waals surface area contributed by atoms with Gasteiger partial charge in [0.25, 0.3) is 5.88 Å². The van der Waals surface area contributed by atoms with Gasteiger partial charge in [-0.3, -0.25) is 9.69 Å². The molecule has 3 aromatic rings. The van der Waals surface area contributed by atoms with Gasteiger partial charge in [-0.05, 0) is 23.4 Å². The van der Waals surface area contributed by atoms with E-state index in [4.69, 9.17) is 9.26 Å². The molecule has 1 unspecified atom stereocenters. The normalized spacial score (nSPS) is 17.1. The Morgan fingerprint density at radius 1 is 1.26 bits per heavy atom. The Balaban J connectivity index is 1.71. The highest BCUT2D eigenvalue weighted by Crippen LogP contribution is 2.37. The number of rotatable bonds is 6. The van der Waals surface area contributed by atoms with Crippen LogP contribution in [-0.4, -0.2) is 52.9 Å².